The van der Waals surface area contributed by atoms with Crippen LogP contribution in [0, 0.1) is 6.92 Å². The Balaban J connectivity index is 2.96. The first-order chi connectivity index (χ1) is 9.90. The molecule has 2 atom stereocenters. The van der Waals surface area contributed by atoms with Crippen molar-refractivity contribution in [3.63, 3.8) is 0 Å². The molecule has 8 heteroatoms. The average molecular weight is 338 g/mol. The third-order valence-corrected chi connectivity index (χ3v) is 4.35. The van der Waals surface area contributed by atoms with Gasteiger partial charge in [0, 0.05) is 5.69 Å². The Hall–Kier alpha value is -1.15. The third kappa shape index (κ3) is 5.92. The summed E-state index contributed by atoms with van der Waals surface area (Å²) in [5.41, 5.74) is 0.950. The van der Waals surface area contributed by atoms with Gasteiger partial charge >= 0.3 is 6.18 Å². The van der Waals surface area contributed by atoms with Crippen molar-refractivity contribution >= 4 is 11.0 Å². The minimum absolute atomic E-state index is 0.0360. The van der Waals surface area contributed by atoms with Gasteiger partial charge in [0.05, 0.1) is 21.8 Å². The lowest BCUT2D eigenvalue weighted by molar-refractivity contribution is -0.153. The number of pyridine rings is 1. The van der Waals surface area contributed by atoms with Crippen molar-refractivity contribution in [2.45, 2.75) is 51.6 Å². The smallest absolute Gasteiger partial charge is 0.422 e. The van der Waals surface area contributed by atoms with E-state index in [1.54, 1.807) is 40.7 Å². The summed E-state index contributed by atoms with van der Waals surface area (Å²) in [6.07, 6.45) is -4.42. The summed E-state index contributed by atoms with van der Waals surface area (Å²) in [4.78, 5) is 4.22. The number of rotatable bonds is 5. The van der Waals surface area contributed by atoms with Crippen molar-refractivity contribution in [1.29, 1.82) is 0 Å². The summed E-state index contributed by atoms with van der Waals surface area (Å²) in [6, 6.07) is 2.51. The number of alkyl halides is 3. The monoisotopic (exact) mass is 338 g/mol. The minimum Gasteiger partial charge on any atom is -0.482 e. The van der Waals surface area contributed by atoms with E-state index in [-0.39, 0.29) is 5.75 Å². The molecule has 126 valence electrons. The van der Waals surface area contributed by atoms with E-state index in [1.165, 1.54) is 6.07 Å². The third-order valence-electron chi connectivity index (χ3n) is 2.67. The fraction of sp³-hybridized carbons (Fsp3) is 0.643. The Kier molecular flexibility index (Phi) is 5.97. The fourth-order valence-electron chi connectivity index (χ4n) is 1.55. The summed E-state index contributed by atoms with van der Waals surface area (Å²) in [7, 11) is -1.37. The van der Waals surface area contributed by atoms with E-state index < -0.39 is 34.6 Å². The molecule has 1 unspecified atom stereocenters. The topological polar surface area (TPSA) is 51.2 Å². The van der Waals surface area contributed by atoms with Gasteiger partial charge in [0.15, 0.2) is 6.61 Å². The lowest BCUT2D eigenvalue weighted by Gasteiger charge is -2.23. The molecule has 0 amide bonds. The summed E-state index contributed by atoms with van der Waals surface area (Å²) in [5.74, 6) is 0.0360. The molecule has 1 heterocycles. The van der Waals surface area contributed by atoms with E-state index in [2.05, 4.69) is 9.71 Å². The lowest BCUT2D eigenvalue weighted by Crippen LogP contribution is -2.35. The number of hydrogen-bond acceptors (Lipinski definition) is 3. The largest absolute Gasteiger partial charge is 0.482 e. The van der Waals surface area contributed by atoms with Gasteiger partial charge in [0.1, 0.15) is 11.4 Å². The highest BCUT2D eigenvalue weighted by atomic mass is 32.2. The van der Waals surface area contributed by atoms with Crippen LogP contribution in [0.5, 0.6) is 5.75 Å². The molecule has 0 aromatic carbocycles. The van der Waals surface area contributed by atoms with Crippen LogP contribution in [0.15, 0.2) is 12.1 Å². The van der Waals surface area contributed by atoms with Crippen molar-refractivity contribution in [3.8, 4) is 5.75 Å². The Morgan fingerprint density at radius 3 is 2.41 bits per heavy atom. The zero-order valence-corrected chi connectivity index (χ0v) is 14.1. The van der Waals surface area contributed by atoms with Crippen molar-refractivity contribution < 1.29 is 22.1 Å². The lowest BCUT2D eigenvalue weighted by atomic mass is 10.2. The molecule has 0 aliphatic rings. The number of halogens is 3. The highest BCUT2D eigenvalue weighted by Crippen LogP contribution is 2.27. The standard InChI is InChI=1S/C14H21F3N2O2S/c1-9-6-7-11(21-8-14(15,16)17)12(18-9)10(2)19-22(20)13(3,4)5/h6-7,10,19H,8H2,1-5H3/t10-,22?/m1/s1. The Bertz CT molecular complexity index is 542. The molecular formula is C14H21F3N2O2S. The number of aromatic nitrogens is 1. The Morgan fingerprint density at radius 2 is 1.91 bits per heavy atom. The van der Waals surface area contributed by atoms with Crippen LogP contribution in [-0.2, 0) is 11.0 Å². The maximum absolute atomic E-state index is 12.3. The van der Waals surface area contributed by atoms with Crippen molar-refractivity contribution in [2.24, 2.45) is 0 Å². The molecule has 0 saturated carbocycles. The van der Waals surface area contributed by atoms with Crippen molar-refractivity contribution in [1.82, 2.24) is 9.71 Å². The van der Waals surface area contributed by atoms with Gasteiger partial charge in [0.2, 0.25) is 0 Å². The second kappa shape index (κ2) is 6.95. The maximum atomic E-state index is 12.3. The van der Waals surface area contributed by atoms with Crippen LogP contribution >= 0.6 is 0 Å². The maximum Gasteiger partial charge on any atom is 0.422 e. The quantitative estimate of drug-likeness (QED) is 0.895. The van der Waals surface area contributed by atoms with Crippen LogP contribution in [-0.4, -0.2) is 26.7 Å². The minimum atomic E-state index is -4.42. The van der Waals surface area contributed by atoms with Gasteiger partial charge in [-0.05, 0) is 46.8 Å². The van der Waals surface area contributed by atoms with Gasteiger partial charge in [-0.3, -0.25) is 4.98 Å². The number of aryl methyl sites for hydroxylation is 1. The molecule has 0 fully saturated rings. The van der Waals surface area contributed by atoms with E-state index in [0.717, 1.165) is 0 Å². The zero-order chi connectivity index (χ0) is 17.1. The molecule has 0 saturated heterocycles. The second-order valence-electron chi connectivity index (χ2n) is 5.96. The summed E-state index contributed by atoms with van der Waals surface area (Å²) in [6.45, 7) is 7.42. The molecule has 0 aliphatic carbocycles. The highest BCUT2D eigenvalue weighted by molar-refractivity contribution is 7.84. The second-order valence-corrected chi connectivity index (χ2v) is 7.96. The first-order valence-corrected chi connectivity index (χ1v) is 7.90. The van der Waals surface area contributed by atoms with E-state index in [4.69, 9.17) is 4.74 Å². The van der Waals surface area contributed by atoms with E-state index in [0.29, 0.717) is 11.4 Å². The summed E-state index contributed by atoms with van der Waals surface area (Å²) in [5, 5.41) is 0. The van der Waals surface area contributed by atoms with Crippen LogP contribution in [0.2, 0.25) is 0 Å². The van der Waals surface area contributed by atoms with Gasteiger partial charge in [-0.2, -0.15) is 13.2 Å². The zero-order valence-electron chi connectivity index (χ0n) is 13.2. The molecule has 0 radical (unpaired) electrons. The van der Waals surface area contributed by atoms with Crippen molar-refractivity contribution in [2.75, 3.05) is 6.61 Å². The van der Waals surface area contributed by atoms with Crippen LogP contribution in [0.1, 0.15) is 45.1 Å². The first kappa shape index (κ1) is 18.9. The fourth-order valence-corrected chi connectivity index (χ4v) is 2.34. The molecule has 1 N–H and O–H groups in total. The molecule has 1 aromatic heterocycles. The Morgan fingerprint density at radius 1 is 1.32 bits per heavy atom. The molecular weight excluding hydrogens is 317 g/mol. The molecule has 0 bridgehead atoms. The molecule has 0 aliphatic heterocycles. The predicted molar refractivity (Wildman–Crippen MR) is 80.0 cm³/mol. The van der Waals surface area contributed by atoms with Crippen molar-refractivity contribution in [3.05, 3.63) is 23.5 Å². The van der Waals surface area contributed by atoms with Gasteiger partial charge in [-0.1, -0.05) is 0 Å². The van der Waals surface area contributed by atoms with Crippen LogP contribution in [0.25, 0.3) is 0 Å². The van der Waals surface area contributed by atoms with Gasteiger partial charge < -0.3 is 4.74 Å². The Labute approximate surface area is 131 Å². The number of ether oxygens (including phenoxy) is 1. The van der Waals surface area contributed by atoms with Crippen LogP contribution < -0.4 is 9.46 Å². The molecule has 22 heavy (non-hydrogen) atoms. The first-order valence-electron chi connectivity index (χ1n) is 6.75. The summed E-state index contributed by atoms with van der Waals surface area (Å²) >= 11 is 0. The highest BCUT2D eigenvalue weighted by Gasteiger charge is 2.30. The number of hydrogen-bond donors (Lipinski definition) is 1. The average Bonchev–Trinajstić information content (AvgIpc) is 2.34. The van der Waals surface area contributed by atoms with Gasteiger partial charge in [-0.15, -0.1) is 0 Å². The summed E-state index contributed by atoms with van der Waals surface area (Å²) < 4.78 is 56.2. The molecule has 1 aromatic rings. The van der Waals surface area contributed by atoms with Gasteiger partial charge in [-0.25, -0.2) is 8.93 Å². The van der Waals surface area contributed by atoms with E-state index in [9.17, 15) is 17.4 Å². The number of nitrogens with zero attached hydrogens (tertiary/aromatic N) is 1. The molecule has 4 nitrogen and oxygen atoms in total. The van der Waals surface area contributed by atoms with Crippen LogP contribution in [0.3, 0.4) is 0 Å². The van der Waals surface area contributed by atoms with E-state index in [1.807, 2.05) is 0 Å². The number of nitrogens with one attached hydrogen (secondary N) is 1. The normalized spacial score (nSPS) is 15.5. The predicted octanol–water partition coefficient (Wildman–Crippen LogP) is 3.44. The van der Waals surface area contributed by atoms with Gasteiger partial charge in [0.25, 0.3) is 0 Å². The van der Waals surface area contributed by atoms with Crippen LogP contribution in [0.4, 0.5) is 13.2 Å². The SMILES string of the molecule is Cc1ccc(OCC(F)(F)F)c([C@@H](C)NS(=O)C(C)(C)C)n1. The molecule has 0 spiro atoms. The van der Waals surface area contributed by atoms with E-state index >= 15 is 0 Å². The molecule has 1 rings (SSSR count).